The molecule has 0 atom stereocenters. The molecule has 0 radical (unpaired) electrons. The molecule has 5 heteroatoms. The van der Waals surface area contributed by atoms with E-state index in [9.17, 15) is 4.79 Å². The second kappa shape index (κ2) is 8.07. The Morgan fingerprint density at radius 3 is 2.76 bits per heavy atom. The van der Waals surface area contributed by atoms with Gasteiger partial charge in [-0.1, -0.05) is 5.92 Å². The summed E-state index contributed by atoms with van der Waals surface area (Å²) in [5.41, 5.74) is 0. The van der Waals surface area contributed by atoms with E-state index >= 15 is 0 Å². The molecule has 1 amide bonds. The van der Waals surface area contributed by atoms with Gasteiger partial charge < -0.3 is 14.7 Å². The van der Waals surface area contributed by atoms with Crippen molar-refractivity contribution in [2.24, 2.45) is 0 Å². The highest BCUT2D eigenvalue weighted by atomic mass is 16.5. The van der Waals surface area contributed by atoms with Crippen molar-refractivity contribution in [1.29, 1.82) is 0 Å². The number of likely N-dealkylation sites (N-methyl/N-ethyl adjacent to an activating group) is 1. The maximum absolute atomic E-state index is 11.6. The molecule has 1 fully saturated rings. The first-order valence-corrected chi connectivity index (χ1v) is 5.96. The lowest BCUT2D eigenvalue weighted by Gasteiger charge is -2.24. The number of rotatable bonds is 4. The summed E-state index contributed by atoms with van der Waals surface area (Å²) in [6, 6.07) is 0. The van der Waals surface area contributed by atoms with Crippen LogP contribution in [0, 0.1) is 11.8 Å². The maximum atomic E-state index is 11.6. The average molecular weight is 240 g/mol. The predicted octanol–water partition coefficient (Wildman–Crippen LogP) is -0.837. The number of carbonyl (C=O) groups is 1. The van der Waals surface area contributed by atoms with E-state index in [0.29, 0.717) is 19.6 Å². The van der Waals surface area contributed by atoms with E-state index in [-0.39, 0.29) is 12.5 Å². The standard InChI is InChI=1S/C12H20N2O3/c1-2-14(6-9-15)12(16)4-3-5-13-7-10-17-11-8-13/h15H,2,5-11H2,1H3. The molecule has 0 aliphatic carbocycles. The van der Waals surface area contributed by atoms with Crippen LogP contribution in [0.3, 0.4) is 0 Å². The van der Waals surface area contributed by atoms with Crippen LogP contribution in [-0.4, -0.2) is 73.4 Å². The molecule has 1 aliphatic rings. The summed E-state index contributed by atoms with van der Waals surface area (Å²) >= 11 is 0. The van der Waals surface area contributed by atoms with E-state index in [2.05, 4.69) is 16.7 Å². The zero-order valence-corrected chi connectivity index (χ0v) is 10.3. The molecule has 0 bridgehead atoms. The second-order valence-electron chi connectivity index (χ2n) is 3.80. The minimum Gasteiger partial charge on any atom is -0.395 e. The number of hydrogen-bond donors (Lipinski definition) is 1. The molecule has 0 aromatic heterocycles. The van der Waals surface area contributed by atoms with Crippen molar-refractivity contribution < 1.29 is 14.6 Å². The highest BCUT2D eigenvalue weighted by Gasteiger charge is 2.09. The Labute approximate surface area is 102 Å². The Kier molecular flexibility index (Phi) is 6.63. The number of nitrogens with zero attached hydrogens (tertiary/aromatic N) is 2. The van der Waals surface area contributed by atoms with Crippen LogP contribution in [0.1, 0.15) is 6.92 Å². The lowest BCUT2D eigenvalue weighted by Crippen LogP contribution is -2.36. The molecular weight excluding hydrogens is 220 g/mol. The Morgan fingerprint density at radius 1 is 1.47 bits per heavy atom. The van der Waals surface area contributed by atoms with Crippen LogP contribution in [-0.2, 0) is 9.53 Å². The van der Waals surface area contributed by atoms with Crippen molar-refractivity contribution >= 4 is 5.91 Å². The molecule has 17 heavy (non-hydrogen) atoms. The molecule has 0 spiro atoms. The molecule has 1 rings (SSSR count). The van der Waals surface area contributed by atoms with Crippen molar-refractivity contribution in [3.8, 4) is 11.8 Å². The van der Waals surface area contributed by atoms with Crippen molar-refractivity contribution in [3.05, 3.63) is 0 Å². The Balaban J connectivity index is 2.33. The fourth-order valence-electron chi connectivity index (χ4n) is 1.59. The van der Waals surface area contributed by atoms with Gasteiger partial charge in [-0.3, -0.25) is 9.69 Å². The molecule has 1 N–H and O–H groups in total. The van der Waals surface area contributed by atoms with Crippen LogP contribution in [0.2, 0.25) is 0 Å². The minimum atomic E-state index is -0.213. The lowest BCUT2D eigenvalue weighted by atomic mass is 10.4. The fraction of sp³-hybridized carbons (Fsp3) is 0.750. The fourth-order valence-corrected chi connectivity index (χ4v) is 1.59. The lowest BCUT2D eigenvalue weighted by molar-refractivity contribution is -0.125. The van der Waals surface area contributed by atoms with Crippen molar-refractivity contribution in [2.75, 3.05) is 52.5 Å². The van der Waals surface area contributed by atoms with Gasteiger partial charge in [0.1, 0.15) is 0 Å². The first kappa shape index (κ1) is 14.0. The van der Waals surface area contributed by atoms with Gasteiger partial charge in [0.25, 0.3) is 5.91 Å². The van der Waals surface area contributed by atoms with E-state index in [1.165, 1.54) is 4.90 Å². The summed E-state index contributed by atoms with van der Waals surface area (Å²) in [6.45, 7) is 6.59. The molecule has 0 unspecified atom stereocenters. The zero-order chi connectivity index (χ0) is 12.5. The predicted molar refractivity (Wildman–Crippen MR) is 64.4 cm³/mol. The quantitative estimate of drug-likeness (QED) is 0.651. The van der Waals surface area contributed by atoms with E-state index in [1.54, 1.807) is 0 Å². The van der Waals surface area contributed by atoms with Gasteiger partial charge in [0, 0.05) is 26.2 Å². The van der Waals surface area contributed by atoms with Gasteiger partial charge in [-0.2, -0.15) is 0 Å². The summed E-state index contributed by atoms with van der Waals surface area (Å²) in [5.74, 6) is 5.27. The smallest absolute Gasteiger partial charge is 0.298 e. The third kappa shape index (κ3) is 5.18. The molecule has 0 aromatic rings. The number of hydrogen-bond acceptors (Lipinski definition) is 4. The van der Waals surface area contributed by atoms with E-state index in [4.69, 9.17) is 9.84 Å². The topological polar surface area (TPSA) is 53.0 Å². The number of morpholine rings is 1. The number of aliphatic hydroxyl groups is 1. The van der Waals surface area contributed by atoms with Crippen LogP contribution in [0.25, 0.3) is 0 Å². The SMILES string of the molecule is CCN(CCO)C(=O)C#CCN1CCOCC1. The van der Waals surface area contributed by atoms with Crippen molar-refractivity contribution in [2.45, 2.75) is 6.92 Å². The Morgan fingerprint density at radius 2 is 2.18 bits per heavy atom. The summed E-state index contributed by atoms with van der Waals surface area (Å²) in [5, 5.41) is 8.78. The molecular formula is C12H20N2O3. The Hall–Kier alpha value is -1.09. The van der Waals surface area contributed by atoms with Crippen LogP contribution in [0.4, 0.5) is 0 Å². The van der Waals surface area contributed by atoms with Gasteiger partial charge >= 0.3 is 0 Å². The van der Waals surface area contributed by atoms with Gasteiger partial charge in [0.05, 0.1) is 26.4 Å². The maximum Gasteiger partial charge on any atom is 0.298 e. The van der Waals surface area contributed by atoms with Crippen LogP contribution < -0.4 is 0 Å². The van der Waals surface area contributed by atoms with Gasteiger partial charge in [0.15, 0.2) is 0 Å². The highest BCUT2D eigenvalue weighted by Crippen LogP contribution is 1.94. The summed E-state index contributed by atoms with van der Waals surface area (Å²) in [4.78, 5) is 15.3. The molecule has 1 heterocycles. The molecule has 0 aromatic carbocycles. The third-order valence-corrected chi connectivity index (χ3v) is 2.64. The first-order valence-electron chi connectivity index (χ1n) is 5.96. The third-order valence-electron chi connectivity index (χ3n) is 2.64. The minimum absolute atomic E-state index is 0.0231. The average Bonchev–Trinajstić information content (AvgIpc) is 2.37. The molecule has 96 valence electrons. The molecule has 1 aliphatic heterocycles. The first-order chi connectivity index (χ1) is 8.27. The van der Waals surface area contributed by atoms with Gasteiger partial charge in [0.2, 0.25) is 0 Å². The highest BCUT2D eigenvalue weighted by molar-refractivity contribution is 5.93. The van der Waals surface area contributed by atoms with Crippen LogP contribution in [0.5, 0.6) is 0 Å². The van der Waals surface area contributed by atoms with Gasteiger partial charge in [-0.05, 0) is 12.8 Å². The normalized spacial score (nSPS) is 16.1. The van der Waals surface area contributed by atoms with Crippen LogP contribution in [0.15, 0.2) is 0 Å². The second-order valence-corrected chi connectivity index (χ2v) is 3.80. The molecule has 1 saturated heterocycles. The number of aliphatic hydroxyl groups excluding tert-OH is 1. The summed E-state index contributed by atoms with van der Waals surface area (Å²) in [7, 11) is 0. The summed E-state index contributed by atoms with van der Waals surface area (Å²) in [6.07, 6.45) is 0. The Bertz CT molecular complexity index is 290. The van der Waals surface area contributed by atoms with E-state index in [0.717, 1.165) is 26.3 Å². The monoisotopic (exact) mass is 240 g/mol. The number of ether oxygens (including phenoxy) is 1. The van der Waals surface area contributed by atoms with Crippen LogP contribution >= 0.6 is 0 Å². The van der Waals surface area contributed by atoms with Gasteiger partial charge in [-0.25, -0.2) is 0 Å². The zero-order valence-electron chi connectivity index (χ0n) is 10.3. The van der Waals surface area contributed by atoms with Crippen molar-refractivity contribution in [3.63, 3.8) is 0 Å². The number of amides is 1. The van der Waals surface area contributed by atoms with Crippen molar-refractivity contribution in [1.82, 2.24) is 9.80 Å². The molecule has 0 saturated carbocycles. The van der Waals surface area contributed by atoms with E-state index in [1.807, 2.05) is 6.92 Å². The largest absolute Gasteiger partial charge is 0.395 e. The van der Waals surface area contributed by atoms with Gasteiger partial charge in [-0.15, -0.1) is 0 Å². The number of carbonyl (C=O) groups excluding carboxylic acids is 1. The summed E-state index contributed by atoms with van der Waals surface area (Å²) < 4.78 is 5.22. The molecule has 5 nitrogen and oxygen atoms in total. The van der Waals surface area contributed by atoms with E-state index < -0.39 is 0 Å².